The van der Waals surface area contributed by atoms with Crippen molar-refractivity contribution in [2.24, 2.45) is 0 Å². The van der Waals surface area contributed by atoms with Crippen LogP contribution in [0.1, 0.15) is 29.9 Å². The number of anilines is 1. The maximum atomic E-state index is 12.1. The largest absolute Gasteiger partial charge is 0.461 e. The Balaban J connectivity index is 1.33. The van der Waals surface area contributed by atoms with E-state index in [9.17, 15) is 4.79 Å². The van der Waals surface area contributed by atoms with Gasteiger partial charge in [0.05, 0.1) is 6.26 Å². The third-order valence-electron chi connectivity index (χ3n) is 4.16. The Morgan fingerprint density at radius 2 is 2.12 bits per heavy atom. The number of benzene rings is 1. The molecule has 0 atom stereocenters. The van der Waals surface area contributed by atoms with Gasteiger partial charge in [0.2, 0.25) is 17.6 Å². The zero-order valence-corrected chi connectivity index (χ0v) is 13.1. The molecule has 0 aliphatic heterocycles. The lowest BCUT2D eigenvalue weighted by molar-refractivity contribution is -0.116. The van der Waals surface area contributed by atoms with Gasteiger partial charge >= 0.3 is 0 Å². The summed E-state index contributed by atoms with van der Waals surface area (Å²) in [6.45, 7) is 0. The number of fused-ring (bicyclic) bond motifs is 1. The molecule has 0 fully saturated rings. The predicted molar refractivity (Wildman–Crippen MR) is 87.4 cm³/mol. The van der Waals surface area contributed by atoms with Crippen molar-refractivity contribution >= 4 is 11.6 Å². The van der Waals surface area contributed by atoms with Crippen LogP contribution in [0, 0.1) is 0 Å². The van der Waals surface area contributed by atoms with Crippen molar-refractivity contribution in [2.75, 3.05) is 5.32 Å². The van der Waals surface area contributed by atoms with Gasteiger partial charge in [0.15, 0.2) is 5.76 Å². The lowest BCUT2D eigenvalue weighted by Crippen LogP contribution is -2.12. The molecule has 4 rings (SSSR count). The van der Waals surface area contributed by atoms with E-state index in [2.05, 4.69) is 27.6 Å². The van der Waals surface area contributed by atoms with E-state index in [4.69, 9.17) is 8.94 Å². The molecular formula is C18H17N3O3. The second-order valence-electron chi connectivity index (χ2n) is 5.87. The summed E-state index contributed by atoms with van der Waals surface area (Å²) in [7, 11) is 0. The molecule has 1 N–H and O–H groups in total. The van der Waals surface area contributed by atoms with E-state index in [1.54, 1.807) is 18.4 Å². The standard InChI is InChI=1S/C18H17N3O3/c22-16(19-14-7-6-12-3-1-4-13(12)11-14)8-9-17-20-18(21-24-17)15-5-2-10-23-15/h2,5-7,10-11H,1,3-4,8-9H2,(H,19,22). The minimum atomic E-state index is -0.0642. The van der Waals surface area contributed by atoms with Gasteiger partial charge < -0.3 is 14.3 Å². The molecule has 3 aromatic rings. The van der Waals surface area contributed by atoms with E-state index >= 15 is 0 Å². The van der Waals surface area contributed by atoms with Crippen LogP contribution in [0.3, 0.4) is 0 Å². The zero-order valence-electron chi connectivity index (χ0n) is 13.1. The van der Waals surface area contributed by atoms with Crippen LogP contribution in [0.4, 0.5) is 5.69 Å². The smallest absolute Gasteiger partial charge is 0.238 e. The Labute approximate surface area is 138 Å². The van der Waals surface area contributed by atoms with Crippen LogP contribution < -0.4 is 5.32 Å². The van der Waals surface area contributed by atoms with Crippen molar-refractivity contribution in [3.63, 3.8) is 0 Å². The van der Waals surface area contributed by atoms with Crippen molar-refractivity contribution < 1.29 is 13.7 Å². The molecule has 2 heterocycles. The molecule has 1 aromatic carbocycles. The van der Waals surface area contributed by atoms with Crippen molar-refractivity contribution in [3.8, 4) is 11.6 Å². The lowest BCUT2D eigenvalue weighted by Gasteiger charge is -2.06. The van der Waals surface area contributed by atoms with Gasteiger partial charge in [0.1, 0.15) is 0 Å². The van der Waals surface area contributed by atoms with E-state index in [1.807, 2.05) is 6.07 Å². The molecule has 1 aliphatic carbocycles. The Morgan fingerprint density at radius 1 is 1.21 bits per heavy atom. The normalized spacial score (nSPS) is 13.0. The molecule has 6 heteroatoms. The van der Waals surface area contributed by atoms with E-state index in [0.717, 1.165) is 18.5 Å². The molecule has 1 aliphatic rings. The molecule has 24 heavy (non-hydrogen) atoms. The number of rotatable bonds is 5. The Kier molecular flexibility index (Phi) is 3.86. The summed E-state index contributed by atoms with van der Waals surface area (Å²) in [6, 6.07) is 9.65. The summed E-state index contributed by atoms with van der Waals surface area (Å²) < 4.78 is 10.4. The first kappa shape index (κ1) is 14.7. The van der Waals surface area contributed by atoms with E-state index in [-0.39, 0.29) is 12.3 Å². The van der Waals surface area contributed by atoms with E-state index < -0.39 is 0 Å². The van der Waals surface area contributed by atoms with Crippen LogP contribution in [0.25, 0.3) is 11.6 Å². The van der Waals surface area contributed by atoms with Gasteiger partial charge in [-0.3, -0.25) is 4.79 Å². The summed E-state index contributed by atoms with van der Waals surface area (Å²) in [5, 5.41) is 6.78. The fraction of sp³-hybridized carbons (Fsp3) is 0.278. The number of hydrogen-bond acceptors (Lipinski definition) is 5. The Bertz CT molecular complexity index is 852. The lowest BCUT2D eigenvalue weighted by atomic mass is 10.1. The number of hydrogen-bond donors (Lipinski definition) is 1. The van der Waals surface area contributed by atoms with E-state index in [0.29, 0.717) is 23.9 Å². The first-order chi connectivity index (χ1) is 11.8. The predicted octanol–water partition coefficient (Wildman–Crippen LogP) is 3.39. The highest BCUT2D eigenvalue weighted by molar-refractivity contribution is 5.90. The summed E-state index contributed by atoms with van der Waals surface area (Å²) >= 11 is 0. The number of aromatic nitrogens is 2. The molecule has 0 saturated heterocycles. The van der Waals surface area contributed by atoms with Crippen molar-refractivity contribution in [2.45, 2.75) is 32.1 Å². The number of carbonyl (C=O) groups is 1. The number of nitrogens with one attached hydrogen (secondary N) is 1. The maximum absolute atomic E-state index is 12.1. The Hall–Kier alpha value is -2.89. The monoisotopic (exact) mass is 323 g/mol. The zero-order chi connectivity index (χ0) is 16.4. The first-order valence-corrected chi connectivity index (χ1v) is 8.06. The molecule has 0 saturated carbocycles. The fourth-order valence-electron chi connectivity index (χ4n) is 2.96. The van der Waals surface area contributed by atoms with Gasteiger partial charge in [0, 0.05) is 18.5 Å². The third-order valence-corrected chi connectivity index (χ3v) is 4.16. The van der Waals surface area contributed by atoms with Crippen molar-refractivity contribution in [3.05, 3.63) is 53.6 Å². The van der Waals surface area contributed by atoms with Gasteiger partial charge in [-0.15, -0.1) is 0 Å². The van der Waals surface area contributed by atoms with Crippen LogP contribution in [0.2, 0.25) is 0 Å². The molecule has 1 amide bonds. The minimum absolute atomic E-state index is 0.0642. The molecule has 0 bridgehead atoms. The molecule has 2 aromatic heterocycles. The quantitative estimate of drug-likeness (QED) is 0.778. The van der Waals surface area contributed by atoms with Gasteiger partial charge in [-0.25, -0.2) is 0 Å². The van der Waals surface area contributed by atoms with Crippen LogP contribution in [-0.4, -0.2) is 16.0 Å². The maximum Gasteiger partial charge on any atom is 0.238 e. The van der Waals surface area contributed by atoms with Gasteiger partial charge in [0.25, 0.3) is 0 Å². The summed E-state index contributed by atoms with van der Waals surface area (Å²) in [4.78, 5) is 16.3. The first-order valence-electron chi connectivity index (χ1n) is 8.06. The van der Waals surface area contributed by atoms with Crippen molar-refractivity contribution in [1.29, 1.82) is 0 Å². The molecular weight excluding hydrogens is 306 g/mol. The number of amides is 1. The highest BCUT2D eigenvalue weighted by Gasteiger charge is 2.14. The number of furan rings is 1. The minimum Gasteiger partial charge on any atom is -0.461 e. The van der Waals surface area contributed by atoms with Crippen LogP contribution >= 0.6 is 0 Å². The fourth-order valence-corrected chi connectivity index (χ4v) is 2.96. The van der Waals surface area contributed by atoms with Gasteiger partial charge in [-0.1, -0.05) is 11.2 Å². The molecule has 122 valence electrons. The average Bonchev–Trinajstić information content (AvgIpc) is 3.32. The molecule has 6 nitrogen and oxygen atoms in total. The van der Waals surface area contributed by atoms with Gasteiger partial charge in [-0.2, -0.15) is 4.98 Å². The molecule has 0 spiro atoms. The van der Waals surface area contributed by atoms with Crippen LogP contribution in [-0.2, 0) is 24.1 Å². The summed E-state index contributed by atoms with van der Waals surface area (Å²) in [6.07, 6.45) is 5.66. The van der Waals surface area contributed by atoms with Gasteiger partial charge in [-0.05, 0) is 54.7 Å². The average molecular weight is 323 g/mol. The highest BCUT2D eigenvalue weighted by atomic mass is 16.5. The summed E-state index contributed by atoms with van der Waals surface area (Å²) in [5.41, 5.74) is 3.58. The number of carbonyl (C=O) groups excluding carboxylic acids is 1. The third kappa shape index (κ3) is 3.08. The second-order valence-corrected chi connectivity index (χ2v) is 5.87. The van der Waals surface area contributed by atoms with E-state index in [1.165, 1.54) is 17.5 Å². The molecule has 0 radical (unpaired) electrons. The highest BCUT2D eigenvalue weighted by Crippen LogP contribution is 2.25. The summed E-state index contributed by atoms with van der Waals surface area (Å²) in [5.74, 6) is 1.30. The van der Waals surface area contributed by atoms with Crippen LogP contribution in [0.5, 0.6) is 0 Å². The van der Waals surface area contributed by atoms with Crippen molar-refractivity contribution in [1.82, 2.24) is 10.1 Å². The Morgan fingerprint density at radius 3 is 3.00 bits per heavy atom. The SMILES string of the molecule is O=C(CCc1nc(-c2ccco2)no1)Nc1ccc2c(c1)CCC2. The second kappa shape index (κ2) is 6.31. The topological polar surface area (TPSA) is 81.2 Å². The van der Waals surface area contributed by atoms with Crippen LogP contribution in [0.15, 0.2) is 45.5 Å². The number of aryl methyl sites for hydroxylation is 3. The number of nitrogens with zero attached hydrogens (tertiary/aromatic N) is 2. The molecule has 0 unspecified atom stereocenters.